The molecule has 2 heterocycles. The van der Waals surface area contributed by atoms with E-state index in [0.717, 1.165) is 29.7 Å². The van der Waals surface area contributed by atoms with Crippen LogP contribution in [0.4, 0.5) is 10.1 Å². The molecule has 0 radical (unpaired) electrons. The monoisotopic (exact) mass is 563 g/mol. The van der Waals surface area contributed by atoms with Crippen LogP contribution in [-0.4, -0.2) is 56.0 Å². The van der Waals surface area contributed by atoms with Crippen molar-refractivity contribution in [3.63, 3.8) is 0 Å². The molecular formula is C30H34FN5O5. The summed E-state index contributed by atoms with van der Waals surface area (Å²) in [6.07, 6.45) is 0.885. The van der Waals surface area contributed by atoms with Crippen LogP contribution in [0.5, 0.6) is 5.88 Å². The summed E-state index contributed by atoms with van der Waals surface area (Å²) < 4.78 is 26.5. The number of hydrogen-bond donors (Lipinski definition) is 1. The second-order valence-electron chi connectivity index (χ2n) is 9.64. The zero-order chi connectivity index (χ0) is 29.5. The smallest absolute Gasteiger partial charge is 0.333 e. The number of carboxylic acids is 1. The van der Waals surface area contributed by atoms with E-state index in [2.05, 4.69) is 22.0 Å². The molecule has 41 heavy (non-hydrogen) atoms. The fraction of sp³-hybridized carbons (Fsp3) is 0.367. The maximum atomic E-state index is 13.6. The van der Waals surface area contributed by atoms with Crippen LogP contribution in [0.1, 0.15) is 42.9 Å². The van der Waals surface area contributed by atoms with E-state index in [-0.39, 0.29) is 43.8 Å². The average molecular weight is 564 g/mol. The number of aromatic nitrogens is 4. The van der Waals surface area contributed by atoms with Crippen LogP contribution in [0.2, 0.25) is 0 Å². The number of carbonyl (C=O) groups is 2. The van der Waals surface area contributed by atoms with Gasteiger partial charge in [0.25, 0.3) is 5.91 Å². The zero-order valence-electron chi connectivity index (χ0n) is 23.6. The lowest BCUT2D eigenvalue weighted by Gasteiger charge is -2.24. The molecule has 1 atom stereocenters. The minimum Gasteiger partial charge on any atom is -0.479 e. The highest BCUT2D eigenvalue weighted by molar-refractivity contribution is 5.94. The van der Waals surface area contributed by atoms with Crippen LogP contribution in [0, 0.1) is 12.7 Å². The Morgan fingerprint density at radius 3 is 2.37 bits per heavy atom. The maximum absolute atomic E-state index is 13.6. The molecule has 1 amide bonds. The number of hydrogen-bond acceptors (Lipinski definition) is 7. The molecule has 0 saturated heterocycles. The minimum absolute atomic E-state index is 0.170. The lowest BCUT2D eigenvalue weighted by Crippen LogP contribution is -2.34. The van der Waals surface area contributed by atoms with E-state index in [0.29, 0.717) is 22.5 Å². The van der Waals surface area contributed by atoms with Gasteiger partial charge in [0, 0.05) is 25.8 Å². The van der Waals surface area contributed by atoms with E-state index in [9.17, 15) is 19.1 Å². The number of carbonyl (C=O) groups excluding carboxylic acids is 1. The molecule has 2 aromatic carbocycles. The molecule has 4 aromatic rings. The van der Waals surface area contributed by atoms with Gasteiger partial charge in [-0.05, 0) is 55.7 Å². The van der Waals surface area contributed by atoms with Crippen molar-refractivity contribution in [2.24, 2.45) is 7.05 Å². The van der Waals surface area contributed by atoms with Crippen molar-refractivity contribution in [2.45, 2.75) is 52.7 Å². The molecule has 1 N–H and O–H groups in total. The molecule has 216 valence electrons. The number of ether oxygens (including phenoxy) is 2. The van der Waals surface area contributed by atoms with Crippen molar-refractivity contribution in [1.29, 1.82) is 0 Å². The first-order chi connectivity index (χ1) is 19.7. The third-order valence-corrected chi connectivity index (χ3v) is 6.52. The molecule has 0 bridgehead atoms. The Bertz CT molecular complexity index is 1500. The zero-order valence-corrected chi connectivity index (χ0v) is 23.6. The quantitative estimate of drug-likeness (QED) is 0.254. The standard InChI is InChI=1S/C30H34FN5O5/c1-5-7-24-27-28(35(4)34-24)29(33-19(3)32-27)41-18-26(37)36(17-21-8-12-22(31)13-9-21)23-14-10-20(11-15-23)16-25(30(38)39)40-6-2/h8-15,25H,5-7,16-18H2,1-4H3,(H,38,39). The summed E-state index contributed by atoms with van der Waals surface area (Å²) >= 11 is 0. The minimum atomic E-state index is -1.04. The van der Waals surface area contributed by atoms with Gasteiger partial charge in [-0.25, -0.2) is 14.2 Å². The second-order valence-corrected chi connectivity index (χ2v) is 9.64. The number of amides is 1. The fourth-order valence-corrected chi connectivity index (χ4v) is 4.57. The van der Waals surface area contributed by atoms with E-state index in [4.69, 9.17) is 9.47 Å². The van der Waals surface area contributed by atoms with Gasteiger partial charge < -0.3 is 19.5 Å². The Kier molecular flexibility index (Phi) is 9.61. The van der Waals surface area contributed by atoms with E-state index in [1.54, 1.807) is 62.0 Å². The van der Waals surface area contributed by atoms with Gasteiger partial charge in [-0.3, -0.25) is 9.48 Å². The van der Waals surface area contributed by atoms with Gasteiger partial charge in [-0.1, -0.05) is 37.6 Å². The highest BCUT2D eigenvalue weighted by Gasteiger charge is 2.22. The Labute approximate surface area is 237 Å². The molecule has 0 aliphatic carbocycles. The lowest BCUT2D eigenvalue weighted by molar-refractivity contribution is -0.149. The number of rotatable bonds is 13. The van der Waals surface area contributed by atoms with E-state index < -0.39 is 12.1 Å². The van der Waals surface area contributed by atoms with E-state index in [1.807, 2.05) is 0 Å². The summed E-state index contributed by atoms with van der Waals surface area (Å²) in [7, 11) is 1.79. The summed E-state index contributed by atoms with van der Waals surface area (Å²) in [5.74, 6) is -0.976. The van der Waals surface area contributed by atoms with Crippen LogP contribution in [0.25, 0.3) is 11.0 Å². The number of fused-ring (bicyclic) bond motifs is 1. The number of benzene rings is 2. The van der Waals surface area contributed by atoms with Gasteiger partial charge in [0.15, 0.2) is 12.7 Å². The van der Waals surface area contributed by atoms with Gasteiger partial charge >= 0.3 is 5.97 Å². The predicted molar refractivity (Wildman–Crippen MR) is 151 cm³/mol. The Morgan fingerprint density at radius 1 is 1.05 bits per heavy atom. The highest BCUT2D eigenvalue weighted by Crippen LogP contribution is 2.26. The molecule has 4 rings (SSSR count). The molecule has 10 nitrogen and oxygen atoms in total. The second kappa shape index (κ2) is 13.3. The number of aliphatic carboxylic acids is 1. The number of nitrogens with zero attached hydrogens (tertiary/aromatic N) is 5. The molecule has 0 fully saturated rings. The van der Waals surface area contributed by atoms with Crippen LogP contribution >= 0.6 is 0 Å². The van der Waals surface area contributed by atoms with Crippen molar-refractivity contribution in [2.75, 3.05) is 18.1 Å². The third kappa shape index (κ3) is 7.23. The third-order valence-electron chi connectivity index (χ3n) is 6.52. The summed E-state index contributed by atoms with van der Waals surface area (Å²) in [4.78, 5) is 35.6. The van der Waals surface area contributed by atoms with Gasteiger partial charge in [0.1, 0.15) is 22.7 Å². The van der Waals surface area contributed by atoms with Gasteiger partial charge in [-0.2, -0.15) is 10.1 Å². The molecule has 0 aliphatic rings. The van der Waals surface area contributed by atoms with Gasteiger partial charge in [0.05, 0.1) is 12.2 Å². The molecular weight excluding hydrogens is 529 g/mol. The Balaban J connectivity index is 1.59. The molecule has 2 aromatic heterocycles. The molecule has 1 unspecified atom stereocenters. The van der Waals surface area contributed by atoms with Gasteiger partial charge in [0.2, 0.25) is 5.88 Å². The number of anilines is 1. The van der Waals surface area contributed by atoms with Crippen LogP contribution in [0.3, 0.4) is 0 Å². The van der Waals surface area contributed by atoms with Crippen molar-refractivity contribution < 1.29 is 28.6 Å². The van der Waals surface area contributed by atoms with Crippen molar-refractivity contribution in [3.05, 3.63) is 77.0 Å². The average Bonchev–Trinajstić information content (AvgIpc) is 3.26. The first-order valence-electron chi connectivity index (χ1n) is 13.5. The fourth-order valence-electron chi connectivity index (χ4n) is 4.57. The molecule has 0 aliphatic heterocycles. The van der Waals surface area contributed by atoms with Gasteiger partial charge in [-0.15, -0.1) is 0 Å². The van der Waals surface area contributed by atoms with Crippen molar-refractivity contribution in [3.8, 4) is 5.88 Å². The van der Waals surface area contributed by atoms with Crippen LogP contribution in [0.15, 0.2) is 48.5 Å². The lowest BCUT2D eigenvalue weighted by atomic mass is 10.1. The maximum Gasteiger partial charge on any atom is 0.333 e. The Hall–Kier alpha value is -4.38. The summed E-state index contributed by atoms with van der Waals surface area (Å²) in [6.45, 7) is 5.71. The topological polar surface area (TPSA) is 120 Å². The number of aryl methyl sites for hydroxylation is 3. The molecule has 11 heteroatoms. The molecule has 0 spiro atoms. The largest absolute Gasteiger partial charge is 0.479 e. The van der Waals surface area contributed by atoms with E-state index in [1.165, 1.54) is 17.0 Å². The number of carboxylic acid groups (broad SMARTS) is 1. The Morgan fingerprint density at radius 2 is 1.73 bits per heavy atom. The summed E-state index contributed by atoms with van der Waals surface area (Å²) in [5.41, 5.74) is 4.21. The van der Waals surface area contributed by atoms with Crippen molar-refractivity contribution >= 4 is 28.6 Å². The normalized spacial score (nSPS) is 11.9. The van der Waals surface area contributed by atoms with Crippen LogP contribution in [-0.2, 0) is 40.8 Å². The number of halogens is 1. The summed E-state index contributed by atoms with van der Waals surface area (Å²) in [5, 5.41) is 14.0. The summed E-state index contributed by atoms with van der Waals surface area (Å²) in [6, 6.07) is 12.9. The molecule has 0 saturated carbocycles. The van der Waals surface area contributed by atoms with Crippen molar-refractivity contribution in [1.82, 2.24) is 19.7 Å². The highest BCUT2D eigenvalue weighted by atomic mass is 19.1. The van der Waals surface area contributed by atoms with E-state index >= 15 is 0 Å². The first kappa shape index (κ1) is 29.6. The first-order valence-corrected chi connectivity index (χ1v) is 13.5. The predicted octanol–water partition coefficient (Wildman–Crippen LogP) is 4.41. The van der Waals surface area contributed by atoms with Crippen LogP contribution < -0.4 is 9.64 Å². The SMILES string of the molecule is CCCc1nn(C)c2c(OCC(=O)N(Cc3ccc(F)cc3)c3ccc(CC(OCC)C(=O)O)cc3)nc(C)nc12.